The van der Waals surface area contributed by atoms with Gasteiger partial charge in [0.05, 0.1) is 0 Å². The van der Waals surface area contributed by atoms with Gasteiger partial charge >= 0.3 is 5.97 Å². The lowest BCUT2D eigenvalue weighted by Crippen LogP contribution is -2.25. The first-order valence-corrected chi connectivity index (χ1v) is 7.04. The highest BCUT2D eigenvalue weighted by atomic mass is 16.7. The lowest BCUT2D eigenvalue weighted by Gasteiger charge is -2.16. The van der Waals surface area contributed by atoms with Gasteiger partial charge in [-0.1, -0.05) is 13.8 Å². The first-order valence-electron chi connectivity index (χ1n) is 7.04. The van der Waals surface area contributed by atoms with Crippen LogP contribution >= 0.6 is 0 Å². The Morgan fingerprint density at radius 3 is 2.43 bits per heavy atom. The van der Waals surface area contributed by atoms with Crippen LogP contribution in [0, 0.1) is 5.92 Å². The third-order valence-corrected chi connectivity index (χ3v) is 2.82. The third kappa shape index (κ3) is 5.35. The quantitative estimate of drug-likeness (QED) is 0.663. The Morgan fingerprint density at radius 2 is 1.95 bits per heavy atom. The Morgan fingerprint density at radius 1 is 1.33 bits per heavy atom. The number of aliphatic carboxylic acids is 1. The number of ether oxygens (including phenoxy) is 3. The van der Waals surface area contributed by atoms with E-state index in [9.17, 15) is 9.90 Å². The van der Waals surface area contributed by atoms with E-state index in [1.54, 1.807) is 0 Å². The molecule has 0 saturated carbocycles. The molecule has 0 saturated heterocycles. The summed E-state index contributed by atoms with van der Waals surface area (Å²) in [6, 6.07) is 1.49. The smallest absolute Gasteiger partial charge is 0.314 e. The van der Waals surface area contributed by atoms with Gasteiger partial charge in [0, 0.05) is 19.3 Å². The van der Waals surface area contributed by atoms with Crippen LogP contribution in [0.5, 0.6) is 5.88 Å². The zero-order valence-corrected chi connectivity index (χ0v) is 12.9. The van der Waals surface area contributed by atoms with E-state index in [4.69, 9.17) is 18.7 Å². The molecule has 0 spiro atoms. The van der Waals surface area contributed by atoms with Crippen LogP contribution in [-0.2, 0) is 14.3 Å². The number of nitrogens with zero attached hydrogens (tertiary/aromatic N) is 1. The third-order valence-electron chi connectivity index (χ3n) is 2.82. The summed E-state index contributed by atoms with van der Waals surface area (Å²) in [5.74, 6) is -1.31. The van der Waals surface area contributed by atoms with Crippen LogP contribution in [0.1, 0.15) is 39.4 Å². The molecule has 0 bridgehead atoms. The number of carboxylic acid groups (broad SMARTS) is 1. The lowest BCUT2D eigenvalue weighted by atomic mass is 9.94. The molecule has 1 atom stereocenters. The first-order chi connectivity index (χ1) is 9.99. The van der Waals surface area contributed by atoms with Gasteiger partial charge in [-0.2, -0.15) is 0 Å². The Labute approximate surface area is 124 Å². The molecule has 1 rings (SSSR count). The molecular formula is C14H23NO6. The average molecular weight is 301 g/mol. The van der Waals surface area contributed by atoms with Crippen LogP contribution in [0.3, 0.4) is 0 Å². The van der Waals surface area contributed by atoms with Crippen LogP contribution in [0.4, 0.5) is 0 Å². The maximum Gasteiger partial charge on any atom is 0.314 e. The fourth-order valence-corrected chi connectivity index (χ4v) is 1.89. The minimum atomic E-state index is -0.950. The van der Waals surface area contributed by atoms with E-state index in [0.29, 0.717) is 13.2 Å². The Hall–Kier alpha value is -1.60. The molecule has 0 aliphatic rings. The number of rotatable bonds is 10. The van der Waals surface area contributed by atoms with Crippen molar-refractivity contribution in [1.29, 1.82) is 0 Å². The van der Waals surface area contributed by atoms with Gasteiger partial charge in [0.1, 0.15) is 12.5 Å². The molecule has 1 unspecified atom stereocenters. The summed E-state index contributed by atoms with van der Waals surface area (Å²) in [6.45, 7) is 8.51. The van der Waals surface area contributed by atoms with Crippen molar-refractivity contribution in [3.63, 3.8) is 0 Å². The molecule has 0 aliphatic heterocycles. The fourth-order valence-electron chi connectivity index (χ4n) is 1.89. The Kier molecular flexibility index (Phi) is 7.18. The summed E-state index contributed by atoms with van der Waals surface area (Å²) in [5.41, 5.74) is 0. The highest BCUT2D eigenvalue weighted by Gasteiger charge is 2.28. The molecule has 0 radical (unpaired) electrons. The molecule has 0 amide bonds. The van der Waals surface area contributed by atoms with Crippen LogP contribution in [0.25, 0.3) is 0 Å². The van der Waals surface area contributed by atoms with Gasteiger partial charge < -0.3 is 23.8 Å². The zero-order chi connectivity index (χ0) is 15.8. The summed E-state index contributed by atoms with van der Waals surface area (Å²) < 4.78 is 21.2. The Bertz CT molecular complexity index is 425. The summed E-state index contributed by atoms with van der Waals surface area (Å²) >= 11 is 0. The number of carboxylic acids is 1. The molecule has 1 N–H and O–H groups in total. The second-order valence-electron chi connectivity index (χ2n) is 4.78. The van der Waals surface area contributed by atoms with E-state index in [1.807, 2.05) is 27.7 Å². The van der Waals surface area contributed by atoms with Gasteiger partial charge in [0.25, 0.3) is 5.88 Å². The molecule has 7 heteroatoms. The van der Waals surface area contributed by atoms with Crippen molar-refractivity contribution in [3.05, 3.63) is 11.8 Å². The summed E-state index contributed by atoms with van der Waals surface area (Å²) in [6.07, 6.45) is -0.486. The zero-order valence-electron chi connectivity index (χ0n) is 12.9. The van der Waals surface area contributed by atoms with E-state index >= 15 is 0 Å². The number of hydrogen-bond donors (Lipinski definition) is 1. The standard InChI is InChI=1S/C14H23NO6/c1-5-18-12(19-6-2)8-20-11-7-10(21-15-11)13(9(3)4)14(16)17/h7,9,12-13H,5-6,8H2,1-4H3,(H,16,17). The van der Waals surface area contributed by atoms with Gasteiger partial charge in [-0.3, -0.25) is 4.79 Å². The fraction of sp³-hybridized carbons (Fsp3) is 0.714. The van der Waals surface area contributed by atoms with E-state index in [1.165, 1.54) is 6.07 Å². The predicted octanol–water partition coefficient (Wildman–Crippen LogP) is 2.28. The van der Waals surface area contributed by atoms with E-state index in [-0.39, 0.29) is 24.2 Å². The van der Waals surface area contributed by atoms with E-state index < -0.39 is 18.2 Å². The van der Waals surface area contributed by atoms with Gasteiger partial charge in [-0.25, -0.2) is 0 Å². The van der Waals surface area contributed by atoms with Crippen molar-refractivity contribution >= 4 is 5.97 Å². The van der Waals surface area contributed by atoms with Crippen molar-refractivity contribution in [3.8, 4) is 5.88 Å². The maximum atomic E-state index is 11.2. The van der Waals surface area contributed by atoms with Gasteiger partial charge in [-0.15, -0.1) is 0 Å². The lowest BCUT2D eigenvalue weighted by molar-refractivity contribution is -0.153. The highest BCUT2D eigenvalue weighted by molar-refractivity contribution is 5.75. The van der Waals surface area contributed by atoms with E-state index in [0.717, 1.165) is 0 Å². The van der Waals surface area contributed by atoms with Gasteiger partial charge in [-0.05, 0) is 24.9 Å². The SMILES string of the molecule is CCOC(COc1cc(C(C(=O)O)C(C)C)on1)OCC. The van der Waals surface area contributed by atoms with Crippen molar-refractivity contribution in [2.75, 3.05) is 19.8 Å². The molecule has 0 fully saturated rings. The maximum absolute atomic E-state index is 11.2. The van der Waals surface area contributed by atoms with E-state index in [2.05, 4.69) is 5.16 Å². The molecule has 1 aromatic rings. The van der Waals surface area contributed by atoms with Crippen molar-refractivity contribution < 1.29 is 28.6 Å². The molecule has 1 aromatic heterocycles. The molecule has 7 nitrogen and oxygen atoms in total. The van der Waals surface area contributed by atoms with Crippen molar-refractivity contribution in [2.24, 2.45) is 5.92 Å². The van der Waals surface area contributed by atoms with Crippen LogP contribution < -0.4 is 4.74 Å². The van der Waals surface area contributed by atoms with Crippen molar-refractivity contribution in [1.82, 2.24) is 5.16 Å². The summed E-state index contributed by atoms with van der Waals surface area (Å²) in [5, 5.41) is 12.9. The first kappa shape index (κ1) is 17.5. The van der Waals surface area contributed by atoms with Gasteiger partial charge in [0.2, 0.25) is 0 Å². The summed E-state index contributed by atoms with van der Waals surface area (Å²) in [4.78, 5) is 11.2. The predicted molar refractivity (Wildman–Crippen MR) is 74.3 cm³/mol. The molecular weight excluding hydrogens is 278 g/mol. The molecule has 0 aliphatic carbocycles. The van der Waals surface area contributed by atoms with Gasteiger partial charge in [0.15, 0.2) is 12.1 Å². The second-order valence-corrected chi connectivity index (χ2v) is 4.78. The normalized spacial score (nSPS) is 12.9. The largest absolute Gasteiger partial charge is 0.481 e. The van der Waals surface area contributed by atoms with Crippen LogP contribution in [0.15, 0.2) is 10.6 Å². The Balaban J connectivity index is 2.64. The summed E-state index contributed by atoms with van der Waals surface area (Å²) in [7, 11) is 0. The monoisotopic (exact) mass is 301 g/mol. The minimum Gasteiger partial charge on any atom is -0.481 e. The van der Waals surface area contributed by atoms with Crippen LogP contribution in [0.2, 0.25) is 0 Å². The molecule has 21 heavy (non-hydrogen) atoms. The number of hydrogen-bond acceptors (Lipinski definition) is 6. The molecule has 120 valence electrons. The second kappa shape index (κ2) is 8.63. The topological polar surface area (TPSA) is 91.0 Å². The molecule has 0 aromatic carbocycles. The number of aromatic nitrogens is 1. The van der Waals surface area contributed by atoms with Crippen LogP contribution in [-0.4, -0.2) is 42.3 Å². The number of carbonyl (C=O) groups is 1. The minimum absolute atomic E-state index is 0.108. The average Bonchev–Trinajstić information content (AvgIpc) is 2.84. The highest BCUT2D eigenvalue weighted by Crippen LogP contribution is 2.27. The molecule has 1 heterocycles. The van der Waals surface area contributed by atoms with Crippen molar-refractivity contribution in [2.45, 2.75) is 39.9 Å².